The number of nitrogens with zero attached hydrogens (tertiary/aromatic N) is 3. The van der Waals surface area contributed by atoms with Crippen LogP contribution in [-0.2, 0) is 11.3 Å². The SMILES string of the molecule is Cc1ccc(-c2cc(COC(=O)c3sc(-n4cccc4)nc3C)no2)cc1. The van der Waals surface area contributed by atoms with Gasteiger partial charge in [0.15, 0.2) is 10.9 Å². The first-order chi connectivity index (χ1) is 13.1. The van der Waals surface area contributed by atoms with Gasteiger partial charge in [0.1, 0.15) is 17.2 Å². The molecular formula is C20H17N3O3S. The van der Waals surface area contributed by atoms with Crippen molar-refractivity contribution < 1.29 is 14.1 Å². The summed E-state index contributed by atoms with van der Waals surface area (Å²) in [5.74, 6) is 0.230. The quantitative estimate of drug-likeness (QED) is 0.475. The number of thiazole rings is 1. The van der Waals surface area contributed by atoms with Gasteiger partial charge in [-0.25, -0.2) is 9.78 Å². The molecule has 0 saturated carbocycles. The minimum absolute atomic E-state index is 0.0460. The number of hydrogen-bond acceptors (Lipinski definition) is 6. The van der Waals surface area contributed by atoms with Gasteiger partial charge in [-0.1, -0.05) is 46.3 Å². The Morgan fingerprint density at radius 1 is 1.19 bits per heavy atom. The molecule has 4 aromatic rings. The first-order valence-electron chi connectivity index (χ1n) is 8.40. The highest BCUT2D eigenvalue weighted by molar-refractivity contribution is 7.16. The lowest BCUT2D eigenvalue weighted by atomic mass is 10.1. The lowest BCUT2D eigenvalue weighted by molar-refractivity contribution is 0.0469. The fraction of sp³-hybridized carbons (Fsp3) is 0.150. The van der Waals surface area contributed by atoms with E-state index in [4.69, 9.17) is 9.26 Å². The van der Waals surface area contributed by atoms with E-state index < -0.39 is 5.97 Å². The van der Waals surface area contributed by atoms with Crippen LogP contribution >= 0.6 is 11.3 Å². The predicted molar refractivity (Wildman–Crippen MR) is 102 cm³/mol. The van der Waals surface area contributed by atoms with Crippen LogP contribution in [0, 0.1) is 13.8 Å². The maximum Gasteiger partial charge on any atom is 0.350 e. The molecule has 0 amide bonds. The highest BCUT2D eigenvalue weighted by Gasteiger charge is 2.18. The molecule has 0 unspecified atom stereocenters. The number of carbonyl (C=O) groups is 1. The van der Waals surface area contributed by atoms with E-state index in [2.05, 4.69) is 10.1 Å². The zero-order chi connectivity index (χ0) is 18.8. The lowest BCUT2D eigenvalue weighted by Gasteiger charge is -2.00. The molecule has 0 bridgehead atoms. The molecule has 0 aliphatic carbocycles. The number of aryl methyl sites for hydroxylation is 2. The van der Waals surface area contributed by atoms with Crippen molar-refractivity contribution in [2.24, 2.45) is 0 Å². The van der Waals surface area contributed by atoms with E-state index in [0.29, 0.717) is 22.0 Å². The summed E-state index contributed by atoms with van der Waals surface area (Å²) in [7, 11) is 0. The van der Waals surface area contributed by atoms with Crippen molar-refractivity contribution in [3.63, 3.8) is 0 Å². The Morgan fingerprint density at radius 3 is 2.67 bits per heavy atom. The summed E-state index contributed by atoms with van der Waals surface area (Å²) in [6, 6.07) is 13.5. The number of carbonyl (C=O) groups excluding carboxylic acids is 1. The van der Waals surface area contributed by atoms with E-state index in [1.807, 2.05) is 60.3 Å². The Bertz CT molecular complexity index is 1060. The Kier molecular flexibility index (Phi) is 4.60. The van der Waals surface area contributed by atoms with Crippen molar-refractivity contribution in [1.82, 2.24) is 14.7 Å². The normalized spacial score (nSPS) is 10.9. The summed E-state index contributed by atoms with van der Waals surface area (Å²) in [4.78, 5) is 17.3. The fourth-order valence-corrected chi connectivity index (χ4v) is 3.51. The fourth-order valence-electron chi connectivity index (χ4n) is 2.58. The topological polar surface area (TPSA) is 70.2 Å². The molecule has 0 N–H and O–H groups in total. The molecule has 4 rings (SSSR count). The van der Waals surface area contributed by atoms with E-state index in [-0.39, 0.29) is 6.61 Å². The molecular weight excluding hydrogens is 362 g/mol. The Morgan fingerprint density at radius 2 is 1.93 bits per heavy atom. The standard InChI is InChI=1S/C20H17N3O3S/c1-13-5-7-15(8-6-13)17-11-16(22-26-17)12-25-19(24)18-14(2)21-20(27-18)23-9-3-4-10-23/h3-11H,12H2,1-2H3. The number of esters is 1. The highest BCUT2D eigenvalue weighted by atomic mass is 32.1. The Balaban J connectivity index is 1.43. The van der Waals surface area contributed by atoms with Gasteiger partial charge >= 0.3 is 5.97 Å². The molecule has 3 aromatic heterocycles. The summed E-state index contributed by atoms with van der Waals surface area (Å²) in [6.45, 7) is 3.87. The number of benzene rings is 1. The van der Waals surface area contributed by atoms with Gasteiger partial charge in [-0.15, -0.1) is 0 Å². The lowest BCUT2D eigenvalue weighted by Crippen LogP contribution is -2.05. The molecule has 136 valence electrons. The van der Waals surface area contributed by atoms with Crippen LogP contribution in [0.5, 0.6) is 0 Å². The summed E-state index contributed by atoms with van der Waals surface area (Å²) in [5.41, 5.74) is 3.31. The molecule has 27 heavy (non-hydrogen) atoms. The van der Waals surface area contributed by atoms with Crippen molar-refractivity contribution in [1.29, 1.82) is 0 Å². The van der Waals surface area contributed by atoms with Crippen molar-refractivity contribution in [2.75, 3.05) is 0 Å². The van der Waals surface area contributed by atoms with Crippen LogP contribution in [-0.4, -0.2) is 20.7 Å². The van der Waals surface area contributed by atoms with Gasteiger partial charge in [0, 0.05) is 24.0 Å². The minimum atomic E-state index is -0.414. The summed E-state index contributed by atoms with van der Waals surface area (Å²) < 4.78 is 12.6. The van der Waals surface area contributed by atoms with Crippen molar-refractivity contribution in [3.05, 3.63) is 76.7 Å². The van der Waals surface area contributed by atoms with Gasteiger partial charge in [-0.3, -0.25) is 0 Å². The van der Waals surface area contributed by atoms with Crippen LogP contribution in [0.2, 0.25) is 0 Å². The first kappa shape index (κ1) is 17.2. The predicted octanol–water partition coefficient (Wildman–Crippen LogP) is 4.56. The Hall–Kier alpha value is -3.19. The monoisotopic (exact) mass is 379 g/mol. The third kappa shape index (κ3) is 3.68. The van der Waals surface area contributed by atoms with Gasteiger partial charge < -0.3 is 13.8 Å². The number of ether oxygens (including phenoxy) is 1. The van der Waals surface area contributed by atoms with Gasteiger partial charge in [0.25, 0.3) is 0 Å². The number of aromatic nitrogens is 3. The van der Waals surface area contributed by atoms with Crippen LogP contribution in [0.25, 0.3) is 16.5 Å². The third-order valence-electron chi connectivity index (χ3n) is 4.04. The molecule has 6 nitrogen and oxygen atoms in total. The van der Waals surface area contributed by atoms with Crippen LogP contribution in [0.4, 0.5) is 0 Å². The van der Waals surface area contributed by atoms with E-state index in [1.165, 1.54) is 16.9 Å². The van der Waals surface area contributed by atoms with E-state index >= 15 is 0 Å². The van der Waals surface area contributed by atoms with Gasteiger partial charge in [0.05, 0.1) is 5.69 Å². The van der Waals surface area contributed by atoms with Crippen LogP contribution in [0.1, 0.15) is 26.6 Å². The average molecular weight is 379 g/mol. The van der Waals surface area contributed by atoms with Crippen LogP contribution < -0.4 is 0 Å². The molecule has 0 spiro atoms. The van der Waals surface area contributed by atoms with E-state index in [1.54, 1.807) is 13.0 Å². The van der Waals surface area contributed by atoms with Gasteiger partial charge in [-0.2, -0.15) is 0 Å². The molecule has 0 aliphatic rings. The molecule has 1 aromatic carbocycles. The zero-order valence-corrected chi connectivity index (χ0v) is 15.7. The molecule has 7 heteroatoms. The summed E-state index contributed by atoms with van der Waals surface area (Å²) in [5, 5.41) is 4.71. The van der Waals surface area contributed by atoms with Crippen molar-refractivity contribution in [2.45, 2.75) is 20.5 Å². The highest BCUT2D eigenvalue weighted by Crippen LogP contribution is 2.24. The average Bonchev–Trinajstić information content (AvgIpc) is 3.41. The minimum Gasteiger partial charge on any atom is -0.455 e. The molecule has 0 radical (unpaired) electrons. The van der Waals surface area contributed by atoms with Crippen LogP contribution in [0.3, 0.4) is 0 Å². The van der Waals surface area contributed by atoms with Crippen molar-refractivity contribution in [3.8, 4) is 16.5 Å². The maximum atomic E-state index is 12.4. The summed E-state index contributed by atoms with van der Waals surface area (Å²) in [6.07, 6.45) is 3.77. The van der Waals surface area contributed by atoms with E-state index in [9.17, 15) is 4.79 Å². The maximum absolute atomic E-state index is 12.4. The second kappa shape index (κ2) is 7.20. The number of rotatable bonds is 5. The Labute approximate surface area is 160 Å². The van der Waals surface area contributed by atoms with Gasteiger partial charge in [0.2, 0.25) is 0 Å². The smallest absolute Gasteiger partial charge is 0.350 e. The van der Waals surface area contributed by atoms with Gasteiger partial charge in [-0.05, 0) is 26.0 Å². The van der Waals surface area contributed by atoms with Crippen LogP contribution in [0.15, 0.2) is 59.4 Å². The largest absolute Gasteiger partial charge is 0.455 e. The first-order valence-corrected chi connectivity index (χ1v) is 9.22. The summed E-state index contributed by atoms with van der Waals surface area (Å²) >= 11 is 1.30. The molecule has 0 atom stereocenters. The zero-order valence-electron chi connectivity index (χ0n) is 14.9. The second-order valence-corrected chi connectivity index (χ2v) is 7.10. The number of hydrogen-bond donors (Lipinski definition) is 0. The van der Waals surface area contributed by atoms with Crippen molar-refractivity contribution >= 4 is 17.3 Å². The molecule has 0 aliphatic heterocycles. The second-order valence-electron chi connectivity index (χ2n) is 6.13. The molecule has 0 fully saturated rings. The molecule has 3 heterocycles. The van der Waals surface area contributed by atoms with E-state index in [0.717, 1.165) is 10.7 Å². The molecule has 0 saturated heterocycles. The third-order valence-corrected chi connectivity index (χ3v) is 5.19.